The van der Waals surface area contributed by atoms with Crippen molar-refractivity contribution < 1.29 is 14.7 Å². The first kappa shape index (κ1) is 15.2. The second-order valence-electron chi connectivity index (χ2n) is 5.66. The monoisotopic (exact) mass is 284 g/mol. The van der Waals surface area contributed by atoms with E-state index >= 15 is 0 Å². The number of carbonyl (C=O) groups excluding carboxylic acids is 2. The Labute approximate surface area is 119 Å². The van der Waals surface area contributed by atoms with Crippen molar-refractivity contribution >= 4 is 11.9 Å². The smallest absolute Gasteiger partial charge is 0.325 e. The number of nitrogens with two attached hydrogens (primary N) is 1. The van der Waals surface area contributed by atoms with Gasteiger partial charge < -0.3 is 21.1 Å². The van der Waals surface area contributed by atoms with Crippen LogP contribution >= 0.6 is 0 Å². The van der Waals surface area contributed by atoms with Crippen LogP contribution in [0.5, 0.6) is 0 Å². The van der Waals surface area contributed by atoms with Crippen LogP contribution in [0.4, 0.5) is 4.79 Å². The quantitative estimate of drug-likeness (QED) is 0.568. The minimum atomic E-state index is -0.753. The summed E-state index contributed by atoms with van der Waals surface area (Å²) in [5.74, 6) is -0.143. The van der Waals surface area contributed by atoms with Gasteiger partial charge in [0.1, 0.15) is 5.54 Å². The van der Waals surface area contributed by atoms with E-state index in [9.17, 15) is 9.59 Å². The summed E-state index contributed by atoms with van der Waals surface area (Å²) in [5, 5.41) is 11.8. The van der Waals surface area contributed by atoms with E-state index in [1.54, 1.807) is 0 Å². The summed E-state index contributed by atoms with van der Waals surface area (Å²) in [7, 11) is 0. The molecule has 1 unspecified atom stereocenters. The van der Waals surface area contributed by atoms with Crippen LogP contribution in [0.2, 0.25) is 0 Å². The Bertz CT molecular complexity index is 380. The minimum absolute atomic E-state index is 0.116. The summed E-state index contributed by atoms with van der Waals surface area (Å²) in [6, 6.07) is -0.496. The standard InChI is InChI=1S/C13H24N4O3/c1-2-10(14)9-17-11(19)13(15-12(17)20)3-5-16(6-4-13)7-8-18/h10,18H,2-9,14H2,1H3,(H,15,20). The molecule has 2 rings (SSSR count). The van der Waals surface area contributed by atoms with Crippen LogP contribution in [0.3, 0.4) is 0 Å². The number of likely N-dealkylation sites (tertiary alicyclic amines) is 1. The summed E-state index contributed by atoms with van der Waals surface area (Å²) in [4.78, 5) is 27.9. The van der Waals surface area contributed by atoms with Crippen molar-refractivity contribution in [2.45, 2.75) is 37.8 Å². The lowest BCUT2D eigenvalue weighted by atomic mass is 9.87. The van der Waals surface area contributed by atoms with E-state index in [0.29, 0.717) is 32.5 Å². The van der Waals surface area contributed by atoms with Crippen molar-refractivity contribution in [1.82, 2.24) is 15.1 Å². The second kappa shape index (κ2) is 6.07. The van der Waals surface area contributed by atoms with Gasteiger partial charge in [-0.3, -0.25) is 9.69 Å². The topological polar surface area (TPSA) is 98.9 Å². The fraction of sp³-hybridized carbons (Fsp3) is 0.846. The number of amides is 3. The summed E-state index contributed by atoms with van der Waals surface area (Å²) in [5.41, 5.74) is 5.09. The lowest BCUT2D eigenvalue weighted by Gasteiger charge is -2.37. The lowest BCUT2D eigenvalue weighted by Crippen LogP contribution is -2.55. The fourth-order valence-electron chi connectivity index (χ4n) is 2.84. The molecule has 0 aromatic rings. The molecular weight excluding hydrogens is 260 g/mol. The molecule has 2 fully saturated rings. The highest BCUT2D eigenvalue weighted by Crippen LogP contribution is 2.29. The number of carbonyl (C=O) groups is 2. The fourth-order valence-corrected chi connectivity index (χ4v) is 2.84. The average Bonchev–Trinajstić information content (AvgIpc) is 2.66. The third-order valence-electron chi connectivity index (χ3n) is 4.31. The molecule has 0 radical (unpaired) electrons. The van der Waals surface area contributed by atoms with Gasteiger partial charge in [0, 0.05) is 32.2 Å². The predicted molar refractivity (Wildman–Crippen MR) is 74.0 cm³/mol. The molecule has 3 amide bonds. The molecule has 0 aromatic carbocycles. The molecule has 0 aromatic heterocycles. The van der Waals surface area contributed by atoms with E-state index in [4.69, 9.17) is 10.8 Å². The van der Waals surface area contributed by atoms with E-state index < -0.39 is 5.54 Å². The molecule has 0 aliphatic carbocycles. The Balaban J connectivity index is 2.01. The van der Waals surface area contributed by atoms with E-state index in [-0.39, 0.29) is 31.1 Å². The molecule has 2 saturated heterocycles. The van der Waals surface area contributed by atoms with Crippen molar-refractivity contribution in [1.29, 1.82) is 0 Å². The minimum Gasteiger partial charge on any atom is -0.395 e. The third-order valence-corrected chi connectivity index (χ3v) is 4.31. The van der Waals surface area contributed by atoms with Gasteiger partial charge >= 0.3 is 6.03 Å². The van der Waals surface area contributed by atoms with Crippen molar-refractivity contribution in [3.8, 4) is 0 Å². The van der Waals surface area contributed by atoms with Gasteiger partial charge in [0.2, 0.25) is 0 Å². The number of aliphatic hydroxyl groups excluding tert-OH is 1. The number of aliphatic hydroxyl groups is 1. The molecule has 0 bridgehead atoms. The summed E-state index contributed by atoms with van der Waals surface area (Å²) < 4.78 is 0. The van der Waals surface area contributed by atoms with E-state index in [2.05, 4.69) is 10.2 Å². The SMILES string of the molecule is CCC(N)CN1C(=O)NC2(CCN(CCO)CC2)C1=O. The molecule has 4 N–H and O–H groups in total. The van der Waals surface area contributed by atoms with Gasteiger partial charge in [-0.2, -0.15) is 0 Å². The van der Waals surface area contributed by atoms with Gasteiger partial charge in [0.25, 0.3) is 5.91 Å². The number of β-amino-alcohol motifs (C(OH)–C–C–N with tert-alkyl or cyclic N) is 1. The number of rotatable bonds is 5. The highest BCUT2D eigenvalue weighted by atomic mass is 16.3. The first-order valence-electron chi connectivity index (χ1n) is 7.25. The Morgan fingerprint density at radius 3 is 2.60 bits per heavy atom. The molecular formula is C13H24N4O3. The molecule has 1 atom stereocenters. The molecule has 2 heterocycles. The Morgan fingerprint density at radius 2 is 2.05 bits per heavy atom. The maximum Gasteiger partial charge on any atom is 0.325 e. The number of hydrogen-bond acceptors (Lipinski definition) is 5. The molecule has 0 saturated carbocycles. The van der Waals surface area contributed by atoms with Gasteiger partial charge in [0.15, 0.2) is 0 Å². The van der Waals surface area contributed by atoms with Crippen molar-refractivity contribution in [2.24, 2.45) is 5.73 Å². The Kier molecular flexibility index (Phi) is 4.62. The van der Waals surface area contributed by atoms with Crippen LogP contribution < -0.4 is 11.1 Å². The van der Waals surface area contributed by atoms with Crippen molar-refractivity contribution in [3.63, 3.8) is 0 Å². The highest BCUT2D eigenvalue weighted by molar-refractivity contribution is 6.07. The molecule has 2 aliphatic heterocycles. The largest absolute Gasteiger partial charge is 0.395 e. The highest BCUT2D eigenvalue weighted by Gasteiger charge is 2.52. The van der Waals surface area contributed by atoms with E-state index in [1.807, 2.05) is 6.92 Å². The van der Waals surface area contributed by atoms with Crippen LogP contribution in [0.1, 0.15) is 26.2 Å². The first-order valence-corrected chi connectivity index (χ1v) is 7.25. The molecule has 20 heavy (non-hydrogen) atoms. The summed E-state index contributed by atoms with van der Waals surface area (Å²) in [6.45, 7) is 4.36. The zero-order chi connectivity index (χ0) is 14.8. The number of piperidine rings is 1. The molecule has 7 nitrogen and oxygen atoms in total. The van der Waals surface area contributed by atoms with Gasteiger partial charge in [-0.05, 0) is 19.3 Å². The normalized spacial score (nSPS) is 24.2. The van der Waals surface area contributed by atoms with Crippen LogP contribution in [0.15, 0.2) is 0 Å². The van der Waals surface area contributed by atoms with E-state index in [1.165, 1.54) is 4.90 Å². The van der Waals surface area contributed by atoms with Crippen molar-refractivity contribution in [3.05, 3.63) is 0 Å². The lowest BCUT2D eigenvalue weighted by molar-refractivity contribution is -0.133. The number of imide groups is 1. The molecule has 114 valence electrons. The maximum atomic E-state index is 12.5. The zero-order valence-electron chi connectivity index (χ0n) is 12.0. The van der Waals surface area contributed by atoms with Crippen LogP contribution in [0.25, 0.3) is 0 Å². The van der Waals surface area contributed by atoms with Crippen LogP contribution in [-0.2, 0) is 4.79 Å². The van der Waals surface area contributed by atoms with Gasteiger partial charge in [-0.25, -0.2) is 4.79 Å². The average molecular weight is 284 g/mol. The first-order chi connectivity index (χ1) is 9.52. The Morgan fingerprint density at radius 1 is 1.40 bits per heavy atom. The maximum absolute atomic E-state index is 12.5. The van der Waals surface area contributed by atoms with Crippen LogP contribution in [0, 0.1) is 0 Å². The third kappa shape index (κ3) is 2.79. The Hall–Kier alpha value is -1.18. The molecule has 1 spiro atoms. The summed E-state index contributed by atoms with van der Waals surface area (Å²) in [6.07, 6.45) is 1.92. The molecule has 7 heteroatoms. The van der Waals surface area contributed by atoms with Gasteiger partial charge in [-0.1, -0.05) is 6.92 Å². The predicted octanol–water partition coefficient (Wildman–Crippen LogP) is -0.898. The second-order valence-corrected chi connectivity index (χ2v) is 5.66. The number of nitrogens with zero attached hydrogens (tertiary/aromatic N) is 2. The number of urea groups is 1. The zero-order valence-corrected chi connectivity index (χ0v) is 12.0. The van der Waals surface area contributed by atoms with Crippen LogP contribution in [-0.4, -0.2) is 71.2 Å². The van der Waals surface area contributed by atoms with Crippen molar-refractivity contribution in [2.75, 3.05) is 32.8 Å². The van der Waals surface area contributed by atoms with Gasteiger partial charge in [0.05, 0.1) is 6.61 Å². The van der Waals surface area contributed by atoms with E-state index in [0.717, 1.165) is 6.42 Å². The molecule has 2 aliphatic rings. The van der Waals surface area contributed by atoms with Gasteiger partial charge in [-0.15, -0.1) is 0 Å². The number of nitrogens with one attached hydrogen (secondary N) is 1. The summed E-state index contributed by atoms with van der Waals surface area (Å²) >= 11 is 0. The number of hydrogen-bond donors (Lipinski definition) is 3.